The van der Waals surface area contributed by atoms with Crippen LogP contribution in [0.5, 0.6) is 0 Å². The first-order valence-electron chi connectivity index (χ1n) is 6.56. The van der Waals surface area contributed by atoms with E-state index in [9.17, 15) is 0 Å². The lowest BCUT2D eigenvalue weighted by Gasteiger charge is -2.32. The van der Waals surface area contributed by atoms with Crippen LogP contribution in [0.2, 0.25) is 0 Å². The third-order valence-electron chi connectivity index (χ3n) is 3.89. The van der Waals surface area contributed by atoms with Crippen molar-refractivity contribution in [3.63, 3.8) is 0 Å². The molecule has 0 aromatic carbocycles. The molecule has 0 aromatic rings. The minimum Gasteiger partial charge on any atom is -0.353 e. The number of allylic oxidation sites excluding steroid dienone is 4. The van der Waals surface area contributed by atoms with E-state index in [1.807, 2.05) is 0 Å². The van der Waals surface area contributed by atoms with E-state index < -0.39 is 0 Å². The molecular formula is C15H28N+. The van der Waals surface area contributed by atoms with Crippen LogP contribution in [0.4, 0.5) is 0 Å². The van der Waals surface area contributed by atoms with Crippen molar-refractivity contribution in [2.24, 2.45) is 5.92 Å². The minimum absolute atomic E-state index is 0.253. The molecule has 92 valence electrons. The zero-order chi connectivity index (χ0) is 12.2. The molecule has 0 saturated carbocycles. The van der Waals surface area contributed by atoms with Crippen molar-refractivity contribution in [2.45, 2.75) is 65.3 Å². The molecule has 0 amide bonds. The van der Waals surface area contributed by atoms with Gasteiger partial charge < -0.3 is 5.73 Å². The second kappa shape index (κ2) is 5.67. The molecule has 16 heavy (non-hydrogen) atoms. The van der Waals surface area contributed by atoms with E-state index in [1.54, 1.807) is 5.57 Å². The molecule has 1 aliphatic rings. The standard InChI is InChI=1S/C15H27N/c1-12(2)6-5-11-15(4,16)14-9-7-13(3)8-10-14/h6-7,14H,5,8-11,16H2,1-4H3/p+1/t14-,15+/m0/s1. The molecule has 0 aromatic heterocycles. The smallest absolute Gasteiger partial charge is 0.0951 e. The van der Waals surface area contributed by atoms with Crippen LogP contribution in [0.1, 0.15) is 59.8 Å². The minimum atomic E-state index is 0.253. The van der Waals surface area contributed by atoms with Crippen LogP contribution in [-0.4, -0.2) is 5.54 Å². The largest absolute Gasteiger partial charge is 0.353 e. The summed E-state index contributed by atoms with van der Waals surface area (Å²) in [5.41, 5.74) is 7.70. The molecule has 0 bridgehead atoms. The molecular weight excluding hydrogens is 194 g/mol. The molecule has 1 heteroatoms. The molecule has 0 aliphatic heterocycles. The molecule has 0 heterocycles. The Bertz CT molecular complexity index is 280. The fourth-order valence-electron chi connectivity index (χ4n) is 2.49. The molecule has 0 fully saturated rings. The molecule has 2 atom stereocenters. The lowest BCUT2D eigenvalue weighted by molar-refractivity contribution is -0.488. The van der Waals surface area contributed by atoms with Crippen molar-refractivity contribution in [2.75, 3.05) is 0 Å². The summed E-state index contributed by atoms with van der Waals surface area (Å²) in [4.78, 5) is 0. The lowest BCUT2D eigenvalue weighted by atomic mass is 9.75. The highest BCUT2D eigenvalue weighted by Crippen LogP contribution is 2.31. The van der Waals surface area contributed by atoms with E-state index >= 15 is 0 Å². The van der Waals surface area contributed by atoms with E-state index in [1.165, 1.54) is 37.7 Å². The van der Waals surface area contributed by atoms with Crippen molar-refractivity contribution in [1.82, 2.24) is 0 Å². The number of hydrogen-bond acceptors (Lipinski definition) is 0. The summed E-state index contributed by atoms with van der Waals surface area (Å²) >= 11 is 0. The summed E-state index contributed by atoms with van der Waals surface area (Å²) in [6.45, 7) is 8.94. The van der Waals surface area contributed by atoms with Crippen LogP contribution in [0, 0.1) is 5.92 Å². The van der Waals surface area contributed by atoms with Gasteiger partial charge in [-0.25, -0.2) is 0 Å². The fraction of sp³-hybridized carbons (Fsp3) is 0.733. The predicted octanol–water partition coefficient (Wildman–Crippen LogP) is 3.48. The van der Waals surface area contributed by atoms with Crippen LogP contribution in [-0.2, 0) is 0 Å². The SMILES string of the molecule is CC(C)=CCC[C@@](C)([NH3+])[C@H]1CC=C(C)CC1. The zero-order valence-corrected chi connectivity index (χ0v) is 11.5. The second-order valence-corrected chi connectivity index (χ2v) is 6.00. The Balaban J connectivity index is 2.47. The maximum absolute atomic E-state index is 4.46. The van der Waals surface area contributed by atoms with Crippen molar-refractivity contribution in [1.29, 1.82) is 0 Å². The van der Waals surface area contributed by atoms with Crippen LogP contribution < -0.4 is 5.73 Å². The van der Waals surface area contributed by atoms with Gasteiger partial charge in [-0.3, -0.25) is 0 Å². The Kier molecular flexibility index (Phi) is 4.79. The third-order valence-corrected chi connectivity index (χ3v) is 3.89. The number of hydrogen-bond donors (Lipinski definition) is 1. The molecule has 0 unspecified atom stereocenters. The van der Waals surface area contributed by atoms with E-state index in [2.05, 4.69) is 45.6 Å². The van der Waals surface area contributed by atoms with Crippen molar-refractivity contribution < 1.29 is 5.73 Å². The Morgan fingerprint density at radius 1 is 1.56 bits per heavy atom. The van der Waals surface area contributed by atoms with Gasteiger partial charge in [-0.05, 0) is 53.4 Å². The summed E-state index contributed by atoms with van der Waals surface area (Å²) in [6, 6.07) is 0. The molecule has 3 N–H and O–H groups in total. The maximum Gasteiger partial charge on any atom is 0.0951 e. The van der Waals surface area contributed by atoms with E-state index in [0.717, 1.165) is 5.92 Å². The lowest BCUT2D eigenvalue weighted by Crippen LogP contribution is -2.74. The fourth-order valence-corrected chi connectivity index (χ4v) is 2.49. The molecule has 0 saturated heterocycles. The monoisotopic (exact) mass is 222 g/mol. The quantitative estimate of drug-likeness (QED) is 0.705. The molecule has 1 rings (SSSR count). The van der Waals surface area contributed by atoms with Gasteiger partial charge in [0.15, 0.2) is 0 Å². The molecule has 0 spiro atoms. The Labute approximate surface area is 101 Å². The third kappa shape index (κ3) is 4.13. The van der Waals surface area contributed by atoms with Crippen molar-refractivity contribution >= 4 is 0 Å². The van der Waals surface area contributed by atoms with Crippen LogP contribution >= 0.6 is 0 Å². The highest BCUT2D eigenvalue weighted by Gasteiger charge is 2.33. The van der Waals surface area contributed by atoms with Gasteiger partial charge in [0.05, 0.1) is 5.54 Å². The van der Waals surface area contributed by atoms with Gasteiger partial charge in [0, 0.05) is 12.3 Å². The molecule has 1 nitrogen and oxygen atoms in total. The van der Waals surface area contributed by atoms with Gasteiger partial charge in [0.1, 0.15) is 0 Å². The van der Waals surface area contributed by atoms with Gasteiger partial charge >= 0.3 is 0 Å². The summed E-state index contributed by atoms with van der Waals surface area (Å²) in [6.07, 6.45) is 11.0. The normalized spacial score (nSPS) is 24.6. The van der Waals surface area contributed by atoms with Crippen molar-refractivity contribution in [3.05, 3.63) is 23.3 Å². The second-order valence-electron chi connectivity index (χ2n) is 6.00. The predicted molar refractivity (Wildman–Crippen MR) is 71.1 cm³/mol. The van der Waals surface area contributed by atoms with Crippen molar-refractivity contribution in [3.8, 4) is 0 Å². The Hall–Kier alpha value is -0.560. The first-order valence-corrected chi connectivity index (χ1v) is 6.56. The highest BCUT2D eigenvalue weighted by atomic mass is 14.7. The Morgan fingerprint density at radius 2 is 2.25 bits per heavy atom. The number of quaternary nitrogens is 1. The first-order chi connectivity index (χ1) is 7.42. The average Bonchev–Trinajstić information content (AvgIpc) is 2.17. The summed E-state index contributed by atoms with van der Waals surface area (Å²) in [7, 11) is 0. The van der Waals surface area contributed by atoms with Crippen LogP contribution in [0.25, 0.3) is 0 Å². The molecule has 0 radical (unpaired) electrons. The van der Waals surface area contributed by atoms with E-state index in [0.29, 0.717) is 0 Å². The van der Waals surface area contributed by atoms with Gasteiger partial charge in [-0.2, -0.15) is 0 Å². The van der Waals surface area contributed by atoms with Gasteiger partial charge in [-0.1, -0.05) is 23.3 Å². The van der Waals surface area contributed by atoms with Gasteiger partial charge in [-0.15, -0.1) is 0 Å². The zero-order valence-electron chi connectivity index (χ0n) is 11.5. The van der Waals surface area contributed by atoms with Gasteiger partial charge in [0.2, 0.25) is 0 Å². The summed E-state index contributed by atoms with van der Waals surface area (Å²) < 4.78 is 0. The van der Waals surface area contributed by atoms with E-state index in [4.69, 9.17) is 0 Å². The number of rotatable bonds is 4. The summed E-state index contributed by atoms with van der Waals surface area (Å²) in [5, 5.41) is 0. The topological polar surface area (TPSA) is 27.6 Å². The summed E-state index contributed by atoms with van der Waals surface area (Å²) in [5.74, 6) is 0.779. The maximum atomic E-state index is 4.46. The van der Waals surface area contributed by atoms with E-state index in [-0.39, 0.29) is 5.54 Å². The van der Waals surface area contributed by atoms with Crippen LogP contribution in [0.3, 0.4) is 0 Å². The first kappa shape index (κ1) is 13.5. The van der Waals surface area contributed by atoms with Crippen LogP contribution in [0.15, 0.2) is 23.3 Å². The average molecular weight is 222 g/mol. The molecule has 1 aliphatic carbocycles. The Morgan fingerprint density at radius 3 is 2.75 bits per heavy atom. The highest BCUT2D eigenvalue weighted by molar-refractivity contribution is 5.05. The van der Waals surface area contributed by atoms with Gasteiger partial charge in [0.25, 0.3) is 0 Å².